The average Bonchev–Trinajstić information content (AvgIpc) is 2.88. The maximum Gasteiger partial charge on any atom is 0.254 e. The van der Waals surface area contributed by atoms with Gasteiger partial charge in [-0.15, -0.1) is 0 Å². The Morgan fingerprint density at radius 3 is 2.50 bits per heavy atom. The molecule has 1 fully saturated rings. The highest BCUT2D eigenvalue weighted by molar-refractivity contribution is 5.95. The van der Waals surface area contributed by atoms with Crippen LogP contribution in [0.5, 0.6) is 0 Å². The van der Waals surface area contributed by atoms with Crippen molar-refractivity contribution < 1.29 is 4.79 Å². The number of hydrogen-bond acceptors (Lipinski definition) is 5. The second-order valence-electron chi connectivity index (χ2n) is 8.19. The van der Waals surface area contributed by atoms with E-state index in [0.29, 0.717) is 5.56 Å². The van der Waals surface area contributed by atoms with Gasteiger partial charge >= 0.3 is 0 Å². The summed E-state index contributed by atoms with van der Waals surface area (Å²) in [6.45, 7) is 12.2. The van der Waals surface area contributed by atoms with Gasteiger partial charge in [-0.2, -0.15) is 5.10 Å². The van der Waals surface area contributed by atoms with Crippen molar-refractivity contribution >= 4 is 11.9 Å². The quantitative estimate of drug-likeness (QED) is 0.858. The highest BCUT2D eigenvalue weighted by atomic mass is 16.1. The van der Waals surface area contributed by atoms with Crippen molar-refractivity contribution in [1.82, 2.24) is 25.1 Å². The lowest BCUT2D eigenvalue weighted by Gasteiger charge is -2.30. The molecule has 0 aromatic carbocycles. The number of carbonyl (C=O) groups excluding carboxylic acids is 1. The van der Waals surface area contributed by atoms with E-state index in [4.69, 9.17) is 0 Å². The second-order valence-corrected chi connectivity index (χ2v) is 8.19. The third-order valence-electron chi connectivity index (χ3n) is 5.82. The van der Waals surface area contributed by atoms with Crippen molar-refractivity contribution in [2.24, 2.45) is 13.0 Å². The Labute approximate surface area is 167 Å². The van der Waals surface area contributed by atoms with E-state index in [-0.39, 0.29) is 11.9 Å². The van der Waals surface area contributed by atoms with E-state index in [9.17, 15) is 4.79 Å². The lowest BCUT2D eigenvalue weighted by Crippen LogP contribution is -2.36. The van der Waals surface area contributed by atoms with Crippen molar-refractivity contribution in [3.05, 3.63) is 34.4 Å². The molecular weight excluding hydrogens is 352 g/mol. The van der Waals surface area contributed by atoms with Crippen LogP contribution in [0.15, 0.2) is 6.20 Å². The molecule has 2 aromatic rings. The van der Waals surface area contributed by atoms with E-state index in [2.05, 4.69) is 39.1 Å². The number of rotatable bonds is 5. The van der Waals surface area contributed by atoms with Gasteiger partial charge in [0.1, 0.15) is 0 Å². The zero-order chi connectivity index (χ0) is 20.4. The standard InChI is InChI=1S/C21H32N6O/c1-13-7-9-27(10-8-13)21-22-12-19(15(3)24-21)20(28)23-14(2)11-18-16(4)25-26(6)17(18)5/h12-14H,7-11H2,1-6H3,(H,23,28)/t14-/m0/s1. The summed E-state index contributed by atoms with van der Waals surface area (Å²) in [7, 11) is 1.94. The summed E-state index contributed by atoms with van der Waals surface area (Å²) in [6, 6.07) is -0.00300. The highest BCUT2D eigenvalue weighted by Gasteiger charge is 2.21. The summed E-state index contributed by atoms with van der Waals surface area (Å²) in [5.74, 6) is 1.37. The molecule has 1 N–H and O–H groups in total. The molecule has 0 radical (unpaired) electrons. The lowest BCUT2D eigenvalue weighted by molar-refractivity contribution is 0.0938. The van der Waals surface area contributed by atoms with Crippen LogP contribution in [-0.4, -0.2) is 44.8 Å². The largest absolute Gasteiger partial charge is 0.349 e. The van der Waals surface area contributed by atoms with E-state index in [1.54, 1.807) is 6.20 Å². The molecule has 0 bridgehead atoms. The summed E-state index contributed by atoms with van der Waals surface area (Å²) >= 11 is 0. The number of carbonyl (C=O) groups is 1. The predicted octanol–water partition coefficient (Wildman–Crippen LogP) is 2.73. The fourth-order valence-corrected chi connectivity index (χ4v) is 3.81. The van der Waals surface area contributed by atoms with Gasteiger partial charge < -0.3 is 10.2 Å². The molecule has 3 heterocycles. The van der Waals surface area contributed by atoms with Crippen molar-refractivity contribution in [1.29, 1.82) is 0 Å². The van der Waals surface area contributed by atoms with Crippen molar-refractivity contribution in [2.75, 3.05) is 18.0 Å². The van der Waals surface area contributed by atoms with Gasteiger partial charge in [0.15, 0.2) is 0 Å². The van der Waals surface area contributed by atoms with Crippen LogP contribution in [0.25, 0.3) is 0 Å². The van der Waals surface area contributed by atoms with Gasteiger partial charge in [0.25, 0.3) is 5.91 Å². The van der Waals surface area contributed by atoms with Crippen molar-refractivity contribution in [3.8, 4) is 0 Å². The van der Waals surface area contributed by atoms with Crippen LogP contribution in [0.1, 0.15) is 59.7 Å². The number of aryl methyl sites for hydroxylation is 3. The van der Waals surface area contributed by atoms with E-state index in [1.165, 1.54) is 5.56 Å². The van der Waals surface area contributed by atoms with E-state index in [0.717, 1.165) is 61.3 Å². The van der Waals surface area contributed by atoms with Gasteiger partial charge in [0.05, 0.1) is 17.0 Å². The number of nitrogens with zero attached hydrogens (tertiary/aromatic N) is 5. The van der Waals surface area contributed by atoms with Crippen LogP contribution in [0.2, 0.25) is 0 Å². The molecule has 0 aliphatic carbocycles. The van der Waals surface area contributed by atoms with Crippen LogP contribution in [0, 0.1) is 26.7 Å². The first-order valence-corrected chi connectivity index (χ1v) is 10.1. The molecule has 1 atom stereocenters. The number of aromatic nitrogens is 4. The Kier molecular flexibility index (Phi) is 6.01. The molecule has 3 rings (SSSR count). The predicted molar refractivity (Wildman–Crippen MR) is 111 cm³/mol. The third kappa shape index (κ3) is 4.34. The first-order valence-electron chi connectivity index (χ1n) is 10.1. The topological polar surface area (TPSA) is 75.9 Å². The van der Waals surface area contributed by atoms with Gasteiger partial charge in [0.2, 0.25) is 5.95 Å². The molecule has 0 spiro atoms. The molecule has 1 aliphatic rings. The maximum absolute atomic E-state index is 12.7. The molecule has 1 saturated heterocycles. The van der Waals surface area contributed by atoms with Gasteiger partial charge in [-0.3, -0.25) is 9.48 Å². The van der Waals surface area contributed by atoms with E-state index >= 15 is 0 Å². The fraction of sp³-hybridized carbons (Fsp3) is 0.619. The number of anilines is 1. The zero-order valence-electron chi connectivity index (χ0n) is 17.9. The average molecular weight is 385 g/mol. The highest BCUT2D eigenvalue weighted by Crippen LogP contribution is 2.21. The number of nitrogens with one attached hydrogen (secondary N) is 1. The molecule has 0 unspecified atom stereocenters. The van der Waals surface area contributed by atoms with Gasteiger partial charge in [-0.25, -0.2) is 9.97 Å². The fourth-order valence-electron chi connectivity index (χ4n) is 3.81. The monoisotopic (exact) mass is 384 g/mol. The Morgan fingerprint density at radius 2 is 1.93 bits per heavy atom. The number of amides is 1. The van der Waals surface area contributed by atoms with Crippen LogP contribution in [0.4, 0.5) is 5.95 Å². The van der Waals surface area contributed by atoms with Gasteiger partial charge in [-0.05, 0) is 58.4 Å². The molecule has 1 aliphatic heterocycles. The number of piperidine rings is 1. The van der Waals surface area contributed by atoms with Gasteiger partial charge in [0, 0.05) is 38.1 Å². The Balaban J connectivity index is 1.65. The normalized spacial score (nSPS) is 16.3. The SMILES string of the molecule is Cc1nc(N2CCC(C)CC2)ncc1C(=O)N[C@@H](C)Cc1c(C)nn(C)c1C. The van der Waals surface area contributed by atoms with E-state index in [1.807, 2.05) is 32.5 Å². The maximum atomic E-state index is 12.7. The Bertz CT molecular complexity index is 851. The molecule has 2 aromatic heterocycles. The van der Waals surface area contributed by atoms with E-state index < -0.39 is 0 Å². The molecule has 152 valence electrons. The minimum Gasteiger partial charge on any atom is -0.349 e. The second kappa shape index (κ2) is 8.29. The zero-order valence-corrected chi connectivity index (χ0v) is 17.9. The summed E-state index contributed by atoms with van der Waals surface area (Å²) in [5.41, 5.74) is 4.61. The first-order chi connectivity index (χ1) is 13.3. The summed E-state index contributed by atoms with van der Waals surface area (Å²) in [4.78, 5) is 24.0. The molecular formula is C21H32N6O. The van der Waals surface area contributed by atoms with Crippen LogP contribution >= 0.6 is 0 Å². The van der Waals surface area contributed by atoms with Gasteiger partial charge in [-0.1, -0.05) is 6.92 Å². The molecule has 7 heteroatoms. The van der Waals surface area contributed by atoms with Crippen LogP contribution in [-0.2, 0) is 13.5 Å². The minimum atomic E-state index is -0.122. The van der Waals surface area contributed by atoms with Crippen LogP contribution in [0.3, 0.4) is 0 Å². The van der Waals surface area contributed by atoms with Crippen LogP contribution < -0.4 is 10.2 Å². The van der Waals surface area contributed by atoms with Crippen molar-refractivity contribution in [3.63, 3.8) is 0 Å². The first kappa shape index (κ1) is 20.3. The molecule has 28 heavy (non-hydrogen) atoms. The molecule has 7 nitrogen and oxygen atoms in total. The van der Waals surface area contributed by atoms with Crippen molar-refractivity contribution in [2.45, 2.75) is 59.9 Å². The summed E-state index contributed by atoms with van der Waals surface area (Å²) in [5, 5.41) is 7.54. The Hall–Kier alpha value is -2.44. The molecule has 0 saturated carbocycles. The minimum absolute atomic E-state index is 0.00300. The molecule has 1 amide bonds. The third-order valence-corrected chi connectivity index (χ3v) is 5.82. The summed E-state index contributed by atoms with van der Waals surface area (Å²) in [6.07, 6.45) is 4.74. The number of hydrogen-bond donors (Lipinski definition) is 1. The lowest BCUT2D eigenvalue weighted by atomic mass is 10.00. The smallest absolute Gasteiger partial charge is 0.254 e. The summed E-state index contributed by atoms with van der Waals surface area (Å²) < 4.78 is 1.89. The Morgan fingerprint density at radius 1 is 1.25 bits per heavy atom.